The molecule has 1 rings (SSSR count). The van der Waals surface area contributed by atoms with Crippen molar-refractivity contribution in [3.63, 3.8) is 0 Å². The van der Waals surface area contributed by atoms with E-state index in [1.807, 2.05) is 0 Å². The molecule has 82 valence electrons. The average molecular weight is 218 g/mol. The van der Waals surface area contributed by atoms with Gasteiger partial charge in [-0.05, 0) is 13.1 Å². The van der Waals surface area contributed by atoms with Gasteiger partial charge in [0, 0.05) is 18.0 Å². The summed E-state index contributed by atoms with van der Waals surface area (Å²) in [5, 5.41) is 2.50. The fourth-order valence-corrected chi connectivity index (χ4v) is 1.12. The molecule has 1 heterocycles. The SMILES string of the molecule is CNCC(=O)c1cnccc1C(F)(F)F. The standard InChI is InChI=1S/C9H9F3N2O/c1-13-5-8(15)6-4-14-3-2-7(6)9(10,11)12/h2-4,13H,5H2,1H3. The molecule has 0 amide bonds. The van der Waals surface area contributed by atoms with E-state index >= 15 is 0 Å². The zero-order chi connectivity index (χ0) is 11.5. The highest BCUT2D eigenvalue weighted by molar-refractivity contribution is 5.98. The van der Waals surface area contributed by atoms with Crippen LogP contribution in [0.5, 0.6) is 0 Å². The maximum absolute atomic E-state index is 12.4. The van der Waals surface area contributed by atoms with Crippen LogP contribution in [0.4, 0.5) is 13.2 Å². The number of hydrogen-bond acceptors (Lipinski definition) is 3. The van der Waals surface area contributed by atoms with Gasteiger partial charge in [-0.3, -0.25) is 9.78 Å². The van der Waals surface area contributed by atoms with Crippen LogP contribution >= 0.6 is 0 Å². The Labute approximate surface area is 84.3 Å². The van der Waals surface area contributed by atoms with Crippen LogP contribution in [0.3, 0.4) is 0 Å². The van der Waals surface area contributed by atoms with E-state index in [4.69, 9.17) is 0 Å². The third-order valence-electron chi connectivity index (χ3n) is 1.76. The molecule has 0 aliphatic heterocycles. The van der Waals surface area contributed by atoms with E-state index in [-0.39, 0.29) is 6.54 Å². The lowest BCUT2D eigenvalue weighted by molar-refractivity contribution is -0.138. The quantitative estimate of drug-likeness (QED) is 0.782. The van der Waals surface area contributed by atoms with Crippen molar-refractivity contribution < 1.29 is 18.0 Å². The van der Waals surface area contributed by atoms with Crippen molar-refractivity contribution in [3.05, 3.63) is 29.6 Å². The summed E-state index contributed by atoms with van der Waals surface area (Å²) in [6.45, 7) is -0.144. The van der Waals surface area contributed by atoms with Crippen LogP contribution in [-0.2, 0) is 6.18 Å². The predicted molar refractivity (Wildman–Crippen MR) is 47.5 cm³/mol. The first-order chi connectivity index (χ1) is 6.96. The molecule has 0 spiro atoms. The molecule has 0 saturated carbocycles. The number of likely N-dealkylation sites (N-methyl/N-ethyl adjacent to an activating group) is 1. The fraction of sp³-hybridized carbons (Fsp3) is 0.333. The minimum atomic E-state index is -4.53. The lowest BCUT2D eigenvalue weighted by Crippen LogP contribution is -2.22. The van der Waals surface area contributed by atoms with Gasteiger partial charge in [-0.1, -0.05) is 0 Å². The number of rotatable bonds is 3. The summed E-state index contributed by atoms with van der Waals surface area (Å²) in [5.41, 5.74) is -1.35. The number of hydrogen-bond donors (Lipinski definition) is 1. The van der Waals surface area contributed by atoms with Crippen LogP contribution < -0.4 is 5.32 Å². The zero-order valence-corrected chi connectivity index (χ0v) is 7.93. The van der Waals surface area contributed by atoms with Crippen molar-refractivity contribution in [2.45, 2.75) is 6.18 Å². The Morgan fingerprint density at radius 2 is 2.20 bits per heavy atom. The van der Waals surface area contributed by atoms with Gasteiger partial charge in [0.2, 0.25) is 0 Å². The number of ketones is 1. The number of halogens is 3. The molecule has 6 heteroatoms. The summed E-state index contributed by atoms with van der Waals surface area (Å²) in [6, 6.07) is 0.795. The van der Waals surface area contributed by atoms with Gasteiger partial charge < -0.3 is 5.32 Å². The smallest absolute Gasteiger partial charge is 0.313 e. The second-order valence-corrected chi connectivity index (χ2v) is 2.87. The summed E-state index contributed by atoms with van der Waals surface area (Å²) in [4.78, 5) is 14.8. The lowest BCUT2D eigenvalue weighted by Gasteiger charge is -2.10. The first-order valence-corrected chi connectivity index (χ1v) is 4.16. The third kappa shape index (κ3) is 2.76. The third-order valence-corrected chi connectivity index (χ3v) is 1.76. The number of nitrogens with zero attached hydrogens (tertiary/aromatic N) is 1. The van der Waals surface area contributed by atoms with Crippen molar-refractivity contribution >= 4 is 5.78 Å². The molecule has 3 nitrogen and oxygen atoms in total. The number of pyridine rings is 1. The average Bonchev–Trinajstić information content (AvgIpc) is 2.17. The number of Topliss-reactive ketones (excluding diaryl/α,β-unsaturated/α-hetero) is 1. The second-order valence-electron chi connectivity index (χ2n) is 2.87. The van der Waals surface area contributed by atoms with Crippen LogP contribution in [0, 0.1) is 0 Å². The molecule has 0 bridgehead atoms. The Bertz CT molecular complexity index is 363. The number of carbonyl (C=O) groups excluding carboxylic acids is 1. The Balaban J connectivity index is 3.12. The number of nitrogens with one attached hydrogen (secondary N) is 1. The molecule has 0 aliphatic rings. The van der Waals surface area contributed by atoms with E-state index in [1.54, 1.807) is 0 Å². The summed E-state index contributed by atoms with van der Waals surface area (Å²) in [6.07, 6.45) is -2.58. The van der Waals surface area contributed by atoms with E-state index in [2.05, 4.69) is 10.3 Å². The Hall–Kier alpha value is -1.43. The summed E-state index contributed by atoms with van der Waals surface area (Å²) in [5.74, 6) is -0.627. The van der Waals surface area contributed by atoms with Crippen LogP contribution in [0.2, 0.25) is 0 Å². The van der Waals surface area contributed by atoms with Gasteiger partial charge in [-0.15, -0.1) is 0 Å². The molecule has 0 radical (unpaired) electrons. The second kappa shape index (κ2) is 4.39. The molecule has 0 atom stereocenters. The predicted octanol–water partition coefficient (Wildman–Crippen LogP) is 1.50. The maximum atomic E-state index is 12.4. The molecule has 0 aliphatic carbocycles. The number of alkyl halides is 3. The summed E-state index contributed by atoms with van der Waals surface area (Å²) in [7, 11) is 1.49. The topological polar surface area (TPSA) is 42.0 Å². The highest BCUT2D eigenvalue weighted by Crippen LogP contribution is 2.31. The van der Waals surface area contributed by atoms with Crippen LogP contribution in [0.25, 0.3) is 0 Å². The van der Waals surface area contributed by atoms with E-state index in [0.717, 1.165) is 18.5 Å². The van der Waals surface area contributed by atoms with Gasteiger partial charge in [0.25, 0.3) is 0 Å². The van der Waals surface area contributed by atoms with Crippen molar-refractivity contribution in [2.75, 3.05) is 13.6 Å². The van der Waals surface area contributed by atoms with E-state index in [1.165, 1.54) is 7.05 Å². The minimum absolute atomic E-state index is 0.144. The highest BCUT2D eigenvalue weighted by Gasteiger charge is 2.34. The molecule has 1 aromatic rings. The molecular formula is C9H9F3N2O. The van der Waals surface area contributed by atoms with Gasteiger partial charge in [0.15, 0.2) is 5.78 Å². The molecule has 1 aromatic heterocycles. The molecular weight excluding hydrogens is 209 g/mol. The van der Waals surface area contributed by atoms with Crippen molar-refractivity contribution in [1.82, 2.24) is 10.3 Å². The molecule has 15 heavy (non-hydrogen) atoms. The Morgan fingerprint density at radius 1 is 1.53 bits per heavy atom. The molecule has 0 aromatic carbocycles. The monoisotopic (exact) mass is 218 g/mol. The fourth-order valence-electron chi connectivity index (χ4n) is 1.12. The first kappa shape index (κ1) is 11.6. The largest absolute Gasteiger partial charge is 0.417 e. The minimum Gasteiger partial charge on any atom is -0.313 e. The van der Waals surface area contributed by atoms with E-state index < -0.39 is 23.1 Å². The Morgan fingerprint density at radius 3 is 2.73 bits per heavy atom. The molecule has 0 unspecified atom stereocenters. The van der Waals surface area contributed by atoms with Crippen LogP contribution in [0.1, 0.15) is 15.9 Å². The lowest BCUT2D eigenvalue weighted by atomic mass is 10.1. The maximum Gasteiger partial charge on any atom is 0.417 e. The summed E-state index contributed by atoms with van der Waals surface area (Å²) >= 11 is 0. The van der Waals surface area contributed by atoms with Crippen LogP contribution in [-0.4, -0.2) is 24.4 Å². The molecule has 0 saturated heterocycles. The highest BCUT2D eigenvalue weighted by atomic mass is 19.4. The van der Waals surface area contributed by atoms with Gasteiger partial charge in [0.05, 0.1) is 12.1 Å². The number of carbonyl (C=O) groups is 1. The van der Waals surface area contributed by atoms with E-state index in [9.17, 15) is 18.0 Å². The Kier molecular flexibility index (Phi) is 3.41. The van der Waals surface area contributed by atoms with Gasteiger partial charge in [-0.2, -0.15) is 13.2 Å². The molecule has 1 N–H and O–H groups in total. The van der Waals surface area contributed by atoms with Crippen molar-refractivity contribution in [3.8, 4) is 0 Å². The van der Waals surface area contributed by atoms with Gasteiger partial charge >= 0.3 is 6.18 Å². The first-order valence-electron chi connectivity index (χ1n) is 4.16. The van der Waals surface area contributed by atoms with Crippen molar-refractivity contribution in [1.29, 1.82) is 0 Å². The number of aromatic nitrogens is 1. The summed E-state index contributed by atoms with van der Waals surface area (Å²) < 4.78 is 37.3. The van der Waals surface area contributed by atoms with E-state index in [0.29, 0.717) is 0 Å². The normalized spacial score (nSPS) is 11.5. The van der Waals surface area contributed by atoms with Crippen molar-refractivity contribution in [2.24, 2.45) is 0 Å². The van der Waals surface area contributed by atoms with Crippen LogP contribution in [0.15, 0.2) is 18.5 Å². The zero-order valence-electron chi connectivity index (χ0n) is 7.93. The van der Waals surface area contributed by atoms with Gasteiger partial charge in [-0.25, -0.2) is 0 Å². The molecule has 0 fully saturated rings. The van der Waals surface area contributed by atoms with Gasteiger partial charge in [0.1, 0.15) is 0 Å².